The number of para-hydroxylation sites is 1. The fraction of sp³-hybridized carbons (Fsp3) is 0.250. The van der Waals surface area contributed by atoms with Gasteiger partial charge in [-0.1, -0.05) is 41.6 Å². The van der Waals surface area contributed by atoms with Crippen LogP contribution in [0.4, 0.5) is 5.69 Å². The van der Waals surface area contributed by atoms with Crippen LogP contribution in [0.3, 0.4) is 0 Å². The maximum Gasteiger partial charge on any atom is 0.237 e. The minimum Gasteiger partial charge on any atom is -0.486 e. The van der Waals surface area contributed by atoms with E-state index in [1.165, 1.54) is 11.8 Å². The Labute approximate surface area is 173 Å². The van der Waals surface area contributed by atoms with Crippen molar-refractivity contribution < 1.29 is 9.53 Å². The largest absolute Gasteiger partial charge is 0.486 e. The highest BCUT2D eigenvalue weighted by Crippen LogP contribution is 2.21. The van der Waals surface area contributed by atoms with Crippen LogP contribution in [0.5, 0.6) is 5.75 Å². The molecule has 6 nitrogen and oxygen atoms in total. The minimum absolute atomic E-state index is 0.0284. The summed E-state index contributed by atoms with van der Waals surface area (Å²) in [6.45, 7) is 2.86. The number of hydrogen-bond donors (Lipinski definition) is 0. The van der Waals surface area contributed by atoms with Gasteiger partial charge in [0.1, 0.15) is 12.4 Å². The highest BCUT2D eigenvalue weighted by Gasteiger charge is 2.16. The number of rotatable bonds is 8. The number of benzene rings is 2. The molecule has 1 amide bonds. The number of hydrogen-bond acceptors (Lipinski definition) is 5. The number of ether oxygens (including phenoxy) is 1. The average Bonchev–Trinajstić information content (AvgIpc) is 3.07. The van der Waals surface area contributed by atoms with E-state index in [0.717, 1.165) is 5.69 Å². The molecule has 0 atom stereocenters. The van der Waals surface area contributed by atoms with Gasteiger partial charge in [-0.25, -0.2) is 0 Å². The fourth-order valence-electron chi connectivity index (χ4n) is 2.59. The third-order valence-corrected chi connectivity index (χ3v) is 5.37. The molecule has 1 heterocycles. The van der Waals surface area contributed by atoms with Crippen molar-refractivity contribution in [3.63, 3.8) is 0 Å². The van der Waals surface area contributed by atoms with Crippen molar-refractivity contribution in [3.05, 3.63) is 65.4 Å². The van der Waals surface area contributed by atoms with Crippen LogP contribution in [-0.4, -0.2) is 33.0 Å². The van der Waals surface area contributed by atoms with E-state index >= 15 is 0 Å². The summed E-state index contributed by atoms with van der Waals surface area (Å²) in [5.41, 5.74) is 0.894. The molecule has 0 spiro atoms. The van der Waals surface area contributed by atoms with E-state index in [1.807, 2.05) is 48.9 Å². The molecule has 3 aromatic rings. The monoisotopic (exact) mass is 416 g/mol. The lowest BCUT2D eigenvalue weighted by molar-refractivity contribution is -0.116. The van der Waals surface area contributed by atoms with Crippen molar-refractivity contribution >= 4 is 35.0 Å². The summed E-state index contributed by atoms with van der Waals surface area (Å²) < 4.78 is 7.55. The molecule has 28 heavy (non-hydrogen) atoms. The number of halogens is 1. The van der Waals surface area contributed by atoms with E-state index in [4.69, 9.17) is 16.3 Å². The van der Waals surface area contributed by atoms with E-state index < -0.39 is 0 Å². The Hall–Kier alpha value is -2.51. The molecule has 0 saturated heterocycles. The predicted octanol–water partition coefficient (Wildman–Crippen LogP) is 4.19. The van der Waals surface area contributed by atoms with Crippen molar-refractivity contribution in [2.45, 2.75) is 18.7 Å². The van der Waals surface area contributed by atoms with E-state index in [2.05, 4.69) is 10.2 Å². The van der Waals surface area contributed by atoms with Gasteiger partial charge in [-0.05, 0) is 43.3 Å². The van der Waals surface area contributed by atoms with Gasteiger partial charge in [0.2, 0.25) is 5.91 Å². The molecular formula is C20H21ClN4O2S. The van der Waals surface area contributed by atoms with Crippen LogP contribution in [-0.2, 0) is 18.4 Å². The maximum absolute atomic E-state index is 12.6. The van der Waals surface area contributed by atoms with Crippen molar-refractivity contribution in [3.8, 4) is 5.75 Å². The van der Waals surface area contributed by atoms with Gasteiger partial charge < -0.3 is 14.2 Å². The van der Waals surface area contributed by atoms with Crippen LogP contribution in [0, 0.1) is 0 Å². The first-order valence-electron chi connectivity index (χ1n) is 8.83. The van der Waals surface area contributed by atoms with Crippen LogP contribution < -0.4 is 9.64 Å². The molecular weight excluding hydrogens is 396 g/mol. The molecule has 0 aliphatic carbocycles. The van der Waals surface area contributed by atoms with Gasteiger partial charge in [-0.2, -0.15) is 0 Å². The van der Waals surface area contributed by atoms with Crippen LogP contribution in [0.1, 0.15) is 12.7 Å². The zero-order chi connectivity index (χ0) is 19.9. The van der Waals surface area contributed by atoms with Crippen LogP contribution in [0.15, 0.2) is 59.8 Å². The molecule has 0 saturated carbocycles. The lowest BCUT2D eigenvalue weighted by Crippen LogP contribution is -2.32. The SMILES string of the molecule is CCN(C(=O)CSc1nnc(COc2ccc(Cl)cc2)n1C)c1ccccc1. The third kappa shape index (κ3) is 5.05. The highest BCUT2D eigenvalue weighted by molar-refractivity contribution is 7.99. The van der Waals surface area contributed by atoms with Crippen molar-refractivity contribution in [2.24, 2.45) is 7.05 Å². The molecule has 2 aromatic carbocycles. The van der Waals surface area contributed by atoms with Crippen LogP contribution in [0.2, 0.25) is 5.02 Å². The Bertz CT molecular complexity index is 916. The van der Waals surface area contributed by atoms with Crippen LogP contribution >= 0.6 is 23.4 Å². The molecule has 3 rings (SSSR count). The molecule has 8 heteroatoms. The van der Waals surface area contributed by atoms with Crippen molar-refractivity contribution in [2.75, 3.05) is 17.2 Å². The Balaban J connectivity index is 1.57. The highest BCUT2D eigenvalue weighted by atomic mass is 35.5. The first-order valence-corrected chi connectivity index (χ1v) is 10.2. The van der Waals surface area contributed by atoms with Gasteiger partial charge in [0, 0.05) is 24.3 Å². The summed E-state index contributed by atoms with van der Waals surface area (Å²) in [4.78, 5) is 14.4. The zero-order valence-corrected chi connectivity index (χ0v) is 17.3. The number of anilines is 1. The smallest absolute Gasteiger partial charge is 0.237 e. The number of thioether (sulfide) groups is 1. The number of carbonyl (C=O) groups excluding carboxylic acids is 1. The molecule has 0 N–H and O–H groups in total. The second-order valence-corrected chi connectivity index (χ2v) is 7.34. The lowest BCUT2D eigenvalue weighted by atomic mass is 10.3. The first-order chi connectivity index (χ1) is 13.6. The molecule has 0 bridgehead atoms. The van der Waals surface area contributed by atoms with E-state index in [9.17, 15) is 4.79 Å². The summed E-state index contributed by atoms with van der Waals surface area (Å²) in [5.74, 6) is 1.70. The molecule has 146 valence electrons. The molecule has 0 fully saturated rings. The average molecular weight is 417 g/mol. The second kappa shape index (κ2) is 9.61. The van der Waals surface area contributed by atoms with Gasteiger partial charge in [0.25, 0.3) is 0 Å². The van der Waals surface area contributed by atoms with Gasteiger partial charge in [0.05, 0.1) is 5.75 Å². The van der Waals surface area contributed by atoms with Gasteiger partial charge >= 0.3 is 0 Å². The van der Waals surface area contributed by atoms with Crippen LogP contribution in [0.25, 0.3) is 0 Å². The lowest BCUT2D eigenvalue weighted by Gasteiger charge is -2.20. The predicted molar refractivity (Wildman–Crippen MR) is 112 cm³/mol. The summed E-state index contributed by atoms with van der Waals surface area (Å²) >= 11 is 7.24. The molecule has 0 radical (unpaired) electrons. The summed E-state index contributed by atoms with van der Waals surface area (Å²) in [7, 11) is 1.86. The van der Waals surface area contributed by atoms with Gasteiger partial charge in [0.15, 0.2) is 11.0 Å². The molecule has 0 aliphatic rings. The normalized spacial score (nSPS) is 10.7. The Morgan fingerprint density at radius 3 is 2.54 bits per heavy atom. The molecule has 0 unspecified atom stereocenters. The van der Waals surface area contributed by atoms with E-state index in [-0.39, 0.29) is 18.3 Å². The number of aromatic nitrogens is 3. The molecule has 0 aliphatic heterocycles. The molecule has 1 aromatic heterocycles. The third-order valence-electron chi connectivity index (χ3n) is 4.12. The zero-order valence-electron chi connectivity index (χ0n) is 15.7. The fourth-order valence-corrected chi connectivity index (χ4v) is 3.52. The standard InChI is InChI=1S/C20H21ClN4O2S/c1-3-25(16-7-5-4-6-8-16)19(26)14-28-20-23-22-18(24(20)2)13-27-17-11-9-15(21)10-12-17/h4-12H,3,13-14H2,1-2H3. The second-order valence-electron chi connectivity index (χ2n) is 5.96. The summed E-state index contributed by atoms with van der Waals surface area (Å²) in [5, 5.41) is 9.67. The summed E-state index contributed by atoms with van der Waals surface area (Å²) in [6, 6.07) is 16.8. The summed E-state index contributed by atoms with van der Waals surface area (Å²) in [6.07, 6.45) is 0. The van der Waals surface area contributed by atoms with Crippen molar-refractivity contribution in [1.82, 2.24) is 14.8 Å². The van der Waals surface area contributed by atoms with Crippen molar-refractivity contribution in [1.29, 1.82) is 0 Å². The Morgan fingerprint density at radius 1 is 1.14 bits per heavy atom. The number of nitrogens with zero attached hydrogens (tertiary/aromatic N) is 4. The van der Waals surface area contributed by atoms with E-state index in [1.54, 1.807) is 29.2 Å². The minimum atomic E-state index is 0.0284. The quantitative estimate of drug-likeness (QED) is 0.515. The Kier molecular flexibility index (Phi) is 6.95. The van der Waals surface area contributed by atoms with E-state index in [0.29, 0.717) is 28.3 Å². The van der Waals surface area contributed by atoms with Gasteiger partial charge in [-0.15, -0.1) is 10.2 Å². The topological polar surface area (TPSA) is 60.3 Å². The Morgan fingerprint density at radius 2 is 1.86 bits per heavy atom. The van der Waals surface area contributed by atoms with Gasteiger partial charge in [-0.3, -0.25) is 4.79 Å². The number of carbonyl (C=O) groups is 1. The number of amides is 1. The maximum atomic E-state index is 12.6. The first kappa shape index (κ1) is 20.2.